The lowest BCUT2D eigenvalue weighted by Gasteiger charge is -2.05. The summed E-state index contributed by atoms with van der Waals surface area (Å²) in [6, 6.07) is 33.6. The van der Waals surface area contributed by atoms with Gasteiger partial charge < -0.3 is 0 Å². The zero-order valence-corrected chi connectivity index (χ0v) is 18.4. The number of fused-ring (bicyclic) bond motifs is 4. The van der Waals surface area contributed by atoms with Gasteiger partial charge in [0.2, 0.25) is 0 Å². The van der Waals surface area contributed by atoms with E-state index in [-0.39, 0.29) is 5.57 Å². The van der Waals surface area contributed by atoms with Gasteiger partial charge in [0.25, 0.3) is 0 Å². The van der Waals surface area contributed by atoms with Crippen molar-refractivity contribution in [2.45, 2.75) is 0 Å². The van der Waals surface area contributed by atoms with Gasteiger partial charge in [-0.25, -0.2) is 0 Å². The van der Waals surface area contributed by atoms with Crippen LogP contribution in [0.5, 0.6) is 0 Å². The molecule has 2 heterocycles. The molecule has 0 N–H and O–H groups in total. The molecule has 32 heavy (non-hydrogen) atoms. The lowest BCUT2D eigenvalue weighted by atomic mass is 9.97. The van der Waals surface area contributed by atoms with Gasteiger partial charge >= 0.3 is 0 Å². The van der Waals surface area contributed by atoms with Crippen molar-refractivity contribution in [1.29, 1.82) is 10.5 Å². The van der Waals surface area contributed by atoms with Crippen LogP contribution in [0.4, 0.5) is 0 Å². The smallest absolute Gasteiger partial charge is 0.138 e. The fraction of sp³-hybridized carbons (Fsp3) is 0. The summed E-state index contributed by atoms with van der Waals surface area (Å²) < 4.78 is 2.55. The number of nitrogens with zero attached hydrogens (tertiary/aromatic N) is 2. The fourth-order valence-electron chi connectivity index (χ4n) is 4.35. The Bertz CT molecular complexity index is 1590. The summed E-state index contributed by atoms with van der Waals surface area (Å²) in [4.78, 5) is 2.47. The Kier molecular flexibility index (Phi) is 4.30. The van der Waals surface area contributed by atoms with Crippen molar-refractivity contribution in [3.63, 3.8) is 0 Å². The zero-order valence-electron chi connectivity index (χ0n) is 16.8. The molecular formula is C28H14N2S2. The average Bonchev–Trinajstić information content (AvgIpc) is 3.51. The first-order chi connectivity index (χ1) is 15.8. The molecule has 6 rings (SSSR count). The van der Waals surface area contributed by atoms with E-state index in [1.54, 1.807) is 11.3 Å². The van der Waals surface area contributed by atoms with Crippen LogP contribution in [0.2, 0.25) is 0 Å². The molecule has 0 radical (unpaired) electrons. The van der Waals surface area contributed by atoms with Crippen molar-refractivity contribution in [2.24, 2.45) is 0 Å². The molecule has 3 aromatic carbocycles. The predicted octanol–water partition coefficient (Wildman–Crippen LogP) is 8.13. The number of hydrogen-bond donors (Lipinski definition) is 0. The highest BCUT2D eigenvalue weighted by Crippen LogP contribution is 2.48. The fourth-order valence-corrected chi connectivity index (χ4v) is 6.75. The van der Waals surface area contributed by atoms with Crippen LogP contribution in [0.1, 0.15) is 11.1 Å². The van der Waals surface area contributed by atoms with E-state index in [1.165, 1.54) is 24.7 Å². The molecule has 2 aromatic heterocycles. The molecule has 0 aliphatic heterocycles. The molecule has 0 spiro atoms. The quantitative estimate of drug-likeness (QED) is 0.254. The Morgan fingerprint density at radius 2 is 1.16 bits per heavy atom. The van der Waals surface area contributed by atoms with Gasteiger partial charge in [0.1, 0.15) is 17.7 Å². The van der Waals surface area contributed by atoms with E-state index in [0.29, 0.717) is 0 Å². The standard InChI is InChI=1S/C28H14N2S2/c29-15-19(16-30)28-22-9-5-4-8-20(22)21-11-10-18(12-23(21)28)25-14-27-26(32-25)13-24(31-27)17-6-2-1-3-7-17/h1-14H. The van der Waals surface area contributed by atoms with Crippen molar-refractivity contribution in [3.8, 4) is 44.1 Å². The molecule has 0 atom stereocenters. The molecule has 0 bridgehead atoms. The van der Waals surface area contributed by atoms with Gasteiger partial charge in [-0.2, -0.15) is 10.5 Å². The van der Waals surface area contributed by atoms with Crippen LogP contribution in [0, 0.1) is 22.7 Å². The number of thiophene rings is 2. The maximum atomic E-state index is 9.58. The van der Waals surface area contributed by atoms with Crippen molar-refractivity contribution < 1.29 is 0 Å². The molecule has 0 amide bonds. The lowest BCUT2D eigenvalue weighted by molar-refractivity contribution is 1.46. The highest BCUT2D eigenvalue weighted by molar-refractivity contribution is 7.31. The van der Waals surface area contributed by atoms with Gasteiger partial charge in [-0.05, 0) is 51.6 Å². The number of nitriles is 2. The largest absolute Gasteiger partial charge is 0.192 e. The van der Waals surface area contributed by atoms with Gasteiger partial charge in [0.15, 0.2) is 0 Å². The average molecular weight is 443 g/mol. The van der Waals surface area contributed by atoms with Gasteiger partial charge in [-0.15, -0.1) is 22.7 Å². The van der Waals surface area contributed by atoms with Crippen LogP contribution in [-0.4, -0.2) is 0 Å². The number of allylic oxidation sites excluding steroid dienone is 1. The third-order valence-electron chi connectivity index (χ3n) is 5.80. The van der Waals surface area contributed by atoms with E-state index in [2.05, 4.69) is 72.8 Å². The minimum absolute atomic E-state index is 0.160. The van der Waals surface area contributed by atoms with E-state index in [0.717, 1.165) is 33.4 Å². The maximum absolute atomic E-state index is 9.58. The van der Waals surface area contributed by atoms with Crippen LogP contribution < -0.4 is 0 Å². The summed E-state index contributed by atoms with van der Waals surface area (Å²) >= 11 is 3.59. The summed E-state index contributed by atoms with van der Waals surface area (Å²) in [7, 11) is 0. The van der Waals surface area contributed by atoms with Gasteiger partial charge in [0.05, 0.1) is 0 Å². The summed E-state index contributed by atoms with van der Waals surface area (Å²) in [6.45, 7) is 0. The molecule has 148 valence electrons. The second-order valence-corrected chi connectivity index (χ2v) is 9.76. The number of benzene rings is 3. The molecule has 0 unspecified atom stereocenters. The maximum Gasteiger partial charge on any atom is 0.138 e. The van der Waals surface area contributed by atoms with Crippen LogP contribution in [0.25, 0.3) is 47.0 Å². The first-order valence-electron chi connectivity index (χ1n) is 10.1. The topological polar surface area (TPSA) is 47.6 Å². The van der Waals surface area contributed by atoms with Gasteiger partial charge in [0, 0.05) is 24.7 Å². The first kappa shape index (κ1) is 18.8. The Balaban J connectivity index is 1.48. The second-order valence-electron chi connectivity index (χ2n) is 7.60. The molecule has 0 fully saturated rings. The summed E-state index contributed by atoms with van der Waals surface area (Å²) in [6.07, 6.45) is 0. The van der Waals surface area contributed by atoms with E-state index in [1.807, 2.05) is 35.6 Å². The van der Waals surface area contributed by atoms with Crippen LogP contribution in [0.15, 0.2) is 90.5 Å². The molecule has 0 saturated carbocycles. The lowest BCUT2D eigenvalue weighted by Crippen LogP contribution is -1.87. The van der Waals surface area contributed by atoms with Gasteiger partial charge in [-0.3, -0.25) is 0 Å². The third kappa shape index (κ3) is 2.82. The third-order valence-corrected chi connectivity index (χ3v) is 8.19. The zero-order chi connectivity index (χ0) is 21.7. The monoisotopic (exact) mass is 442 g/mol. The van der Waals surface area contributed by atoms with E-state index in [9.17, 15) is 10.5 Å². The summed E-state index contributed by atoms with van der Waals surface area (Å²) in [5, 5.41) is 19.2. The molecule has 1 aliphatic rings. The van der Waals surface area contributed by atoms with Crippen molar-refractivity contribution >= 4 is 37.6 Å². The van der Waals surface area contributed by atoms with Crippen LogP contribution in [0.3, 0.4) is 0 Å². The highest BCUT2D eigenvalue weighted by Gasteiger charge is 2.26. The number of rotatable bonds is 2. The Morgan fingerprint density at radius 3 is 1.84 bits per heavy atom. The van der Waals surface area contributed by atoms with Crippen LogP contribution in [-0.2, 0) is 0 Å². The Hall–Kier alpha value is -3.96. The van der Waals surface area contributed by atoms with E-state index >= 15 is 0 Å². The molecular weight excluding hydrogens is 428 g/mol. The van der Waals surface area contributed by atoms with Crippen molar-refractivity contribution in [2.75, 3.05) is 0 Å². The van der Waals surface area contributed by atoms with Crippen molar-refractivity contribution in [1.82, 2.24) is 0 Å². The summed E-state index contributed by atoms with van der Waals surface area (Å²) in [5.41, 5.74) is 7.33. The van der Waals surface area contributed by atoms with Crippen LogP contribution >= 0.6 is 22.7 Å². The normalized spacial score (nSPS) is 11.6. The molecule has 2 nitrogen and oxygen atoms in total. The SMILES string of the molecule is N#CC(C#N)=C1c2ccccc2-c2ccc(-c3cc4sc(-c5ccccc5)cc4s3)cc21. The van der Waals surface area contributed by atoms with E-state index in [4.69, 9.17) is 0 Å². The molecule has 0 saturated heterocycles. The minimum Gasteiger partial charge on any atom is -0.192 e. The number of hydrogen-bond acceptors (Lipinski definition) is 4. The highest BCUT2D eigenvalue weighted by atomic mass is 32.1. The predicted molar refractivity (Wildman–Crippen MR) is 133 cm³/mol. The summed E-state index contributed by atoms with van der Waals surface area (Å²) in [5.74, 6) is 0. The minimum atomic E-state index is 0.160. The van der Waals surface area contributed by atoms with Gasteiger partial charge in [-0.1, -0.05) is 66.7 Å². The Morgan fingerprint density at radius 1 is 0.562 bits per heavy atom. The molecule has 5 aromatic rings. The second kappa shape index (κ2) is 7.32. The van der Waals surface area contributed by atoms with Crippen molar-refractivity contribution in [3.05, 3.63) is 102 Å². The van der Waals surface area contributed by atoms with E-state index < -0.39 is 0 Å². The molecule has 1 aliphatic carbocycles. The first-order valence-corrected chi connectivity index (χ1v) is 11.8. The molecule has 4 heteroatoms. The Labute approximate surface area is 193 Å².